The molecule has 6 heteroatoms. The molecule has 0 saturated heterocycles. The van der Waals surface area contributed by atoms with E-state index in [1.165, 1.54) is 12.6 Å². The topological polar surface area (TPSA) is 91.3 Å². The van der Waals surface area contributed by atoms with Gasteiger partial charge in [-0.25, -0.2) is 4.79 Å². The fraction of sp³-hybridized carbons (Fsp3) is 0.462. The molecule has 0 aromatic carbocycles. The molecule has 1 aliphatic rings. The van der Waals surface area contributed by atoms with Crippen LogP contribution < -0.4 is 10.6 Å². The third-order valence-corrected chi connectivity index (χ3v) is 3.22. The second-order valence-electron chi connectivity index (χ2n) is 4.92. The first-order chi connectivity index (χ1) is 9.04. The molecule has 1 heterocycles. The Morgan fingerprint density at radius 3 is 2.74 bits per heavy atom. The summed E-state index contributed by atoms with van der Waals surface area (Å²) in [4.78, 5) is 26.0. The number of nitrogens with zero attached hydrogens (tertiary/aromatic N) is 1. The number of carbonyl (C=O) groups excluding carboxylic acids is 1. The molecular formula is C13H17N3O3. The van der Waals surface area contributed by atoms with E-state index in [1.807, 2.05) is 0 Å². The molecule has 1 saturated carbocycles. The number of carboxylic acids is 1. The van der Waals surface area contributed by atoms with Crippen LogP contribution in [-0.2, 0) is 11.2 Å². The predicted molar refractivity (Wildman–Crippen MR) is 69.9 cm³/mol. The van der Waals surface area contributed by atoms with Crippen LogP contribution in [0.4, 0.5) is 10.5 Å². The zero-order chi connectivity index (χ0) is 13.8. The maximum Gasteiger partial charge on any atom is 0.319 e. The van der Waals surface area contributed by atoms with Crippen molar-refractivity contribution in [3.63, 3.8) is 0 Å². The summed E-state index contributed by atoms with van der Waals surface area (Å²) in [6.45, 7) is 2.85. The summed E-state index contributed by atoms with van der Waals surface area (Å²) in [5, 5.41) is 14.1. The minimum Gasteiger partial charge on any atom is -0.481 e. The van der Waals surface area contributed by atoms with Gasteiger partial charge in [-0.15, -0.1) is 0 Å². The fourth-order valence-electron chi connectivity index (χ4n) is 1.84. The average Bonchev–Trinajstić information content (AvgIpc) is 3.05. The van der Waals surface area contributed by atoms with Crippen LogP contribution in [0.3, 0.4) is 0 Å². The lowest BCUT2D eigenvalue weighted by Gasteiger charge is -2.07. The summed E-state index contributed by atoms with van der Waals surface area (Å²) < 4.78 is 0. The zero-order valence-corrected chi connectivity index (χ0v) is 10.7. The maximum atomic E-state index is 11.6. The van der Waals surface area contributed by atoms with E-state index in [-0.39, 0.29) is 12.5 Å². The largest absolute Gasteiger partial charge is 0.481 e. The number of hydrogen-bond acceptors (Lipinski definition) is 3. The van der Waals surface area contributed by atoms with Crippen LogP contribution in [0.25, 0.3) is 0 Å². The van der Waals surface area contributed by atoms with Crippen molar-refractivity contribution in [1.29, 1.82) is 0 Å². The van der Waals surface area contributed by atoms with Crippen LogP contribution >= 0.6 is 0 Å². The maximum absolute atomic E-state index is 11.6. The van der Waals surface area contributed by atoms with E-state index < -0.39 is 5.97 Å². The van der Waals surface area contributed by atoms with Gasteiger partial charge < -0.3 is 15.7 Å². The van der Waals surface area contributed by atoms with Gasteiger partial charge in [0, 0.05) is 6.54 Å². The number of amides is 2. The number of carbonyl (C=O) groups is 2. The van der Waals surface area contributed by atoms with Gasteiger partial charge in [0.1, 0.15) is 0 Å². The van der Waals surface area contributed by atoms with E-state index in [9.17, 15) is 9.59 Å². The molecule has 0 radical (unpaired) electrons. The third kappa shape index (κ3) is 4.24. The summed E-state index contributed by atoms with van der Waals surface area (Å²) in [6.07, 6.45) is 2.51. The van der Waals surface area contributed by atoms with Crippen molar-refractivity contribution >= 4 is 17.7 Å². The van der Waals surface area contributed by atoms with Crippen molar-refractivity contribution < 1.29 is 14.7 Å². The van der Waals surface area contributed by atoms with Crippen molar-refractivity contribution in [2.24, 2.45) is 11.8 Å². The molecular weight excluding hydrogens is 246 g/mol. The molecule has 2 amide bonds. The Morgan fingerprint density at radius 1 is 1.47 bits per heavy atom. The van der Waals surface area contributed by atoms with Gasteiger partial charge in [0.05, 0.1) is 24.0 Å². The molecule has 0 bridgehead atoms. The van der Waals surface area contributed by atoms with Crippen molar-refractivity contribution in [1.82, 2.24) is 10.3 Å². The van der Waals surface area contributed by atoms with E-state index in [0.717, 1.165) is 0 Å². The highest BCUT2D eigenvalue weighted by Crippen LogP contribution is 2.36. The van der Waals surface area contributed by atoms with E-state index >= 15 is 0 Å². The highest BCUT2D eigenvalue weighted by Gasteiger charge is 2.32. The molecule has 2 atom stereocenters. The SMILES string of the molecule is CC1CC1CNC(=O)Nc1ccc(CC(=O)O)nc1. The minimum absolute atomic E-state index is 0.119. The first kappa shape index (κ1) is 13.3. The Balaban J connectivity index is 1.78. The third-order valence-electron chi connectivity index (χ3n) is 3.22. The fourth-order valence-corrected chi connectivity index (χ4v) is 1.84. The Kier molecular flexibility index (Phi) is 3.99. The van der Waals surface area contributed by atoms with E-state index in [2.05, 4.69) is 22.5 Å². The molecule has 2 unspecified atom stereocenters. The second-order valence-corrected chi connectivity index (χ2v) is 4.92. The molecule has 6 nitrogen and oxygen atoms in total. The molecule has 1 aliphatic carbocycles. The van der Waals surface area contributed by atoms with Crippen LogP contribution in [-0.4, -0.2) is 28.6 Å². The molecule has 1 aromatic rings. The molecule has 2 rings (SSSR count). The lowest BCUT2D eigenvalue weighted by molar-refractivity contribution is -0.136. The molecule has 0 spiro atoms. The summed E-state index contributed by atoms with van der Waals surface area (Å²) in [5.74, 6) is 0.378. The average molecular weight is 263 g/mol. The Labute approximate surface area is 111 Å². The van der Waals surface area contributed by atoms with Gasteiger partial charge in [0.15, 0.2) is 0 Å². The van der Waals surface area contributed by atoms with Crippen molar-refractivity contribution in [2.45, 2.75) is 19.8 Å². The molecule has 102 valence electrons. The van der Waals surface area contributed by atoms with Crippen LogP contribution in [0, 0.1) is 11.8 Å². The van der Waals surface area contributed by atoms with Gasteiger partial charge in [0.2, 0.25) is 0 Å². The van der Waals surface area contributed by atoms with Crippen molar-refractivity contribution in [2.75, 3.05) is 11.9 Å². The Bertz CT molecular complexity index is 473. The first-order valence-electron chi connectivity index (χ1n) is 6.26. The second kappa shape index (κ2) is 5.69. The standard InChI is InChI=1S/C13H17N3O3/c1-8-4-9(8)6-15-13(19)16-11-3-2-10(14-7-11)5-12(17)18/h2-3,7-9H,4-6H2,1H3,(H,17,18)(H2,15,16,19). The van der Waals surface area contributed by atoms with Gasteiger partial charge in [-0.2, -0.15) is 0 Å². The minimum atomic E-state index is -0.926. The smallest absolute Gasteiger partial charge is 0.319 e. The number of pyridine rings is 1. The predicted octanol–water partition coefficient (Wildman–Crippen LogP) is 1.49. The summed E-state index contributed by atoms with van der Waals surface area (Å²) >= 11 is 0. The van der Waals surface area contributed by atoms with Crippen LogP contribution in [0.1, 0.15) is 19.0 Å². The normalized spacial score (nSPS) is 20.7. The number of hydrogen-bond donors (Lipinski definition) is 3. The number of urea groups is 1. The van der Waals surface area contributed by atoms with Gasteiger partial charge in [-0.3, -0.25) is 9.78 Å². The quantitative estimate of drug-likeness (QED) is 0.750. The molecule has 1 aromatic heterocycles. The molecule has 19 heavy (non-hydrogen) atoms. The monoisotopic (exact) mass is 263 g/mol. The van der Waals surface area contributed by atoms with Crippen molar-refractivity contribution in [3.8, 4) is 0 Å². The van der Waals surface area contributed by atoms with Crippen LogP contribution in [0.2, 0.25) is 0 Å². The highest BCUT2D eigenvalue weighted by atomic mass is 16.4. The van der Waals surface area contributed by atoms with Gasteiger partial charge in [0.25, 0.3) is 0 Å². The lowest BCUT2D eigenvalue weighted by atomic mass is 10.2. The number of aromatic nitrogens is 1. The Morgan fingerprint density at radius 2 is 2.21 bits per heavy atom. The van der Waals surface area contributed by atoms with Crippen molar-refractivity contribution in [3.05, 3.63) is 24.0 Å². The van der Waals surface area contributed by atoms with Gasteiger partial charge in [-0.05, 0) is 30.4 Å². The first-order valence-corrected chi connectivity index (χ1v) is 6.26. The number of anilines is 1. The van der Waals surface area contributed by atoms with E-state index in [1.54, 1.807) is 12.1 Å². The van der Waals surface area contributed by atoms with E-state index in [4.69, 9.17) is 5.11 Å². The number of aliphatic carboxylic acids is 1. The number of nitrogens with one attached hydrogen (secondary N) is 2. The molecule has 0 aliphatic heterocycles. The summed E-state index contributed by atoms with van der Waals surface area (Å²) in [5.41, 5.74) is 1.01. The summed E-state index contributed by atoms with van der Waals surface area (Å²) in [7, 11) is 0. The number of carboxylic acid groups (broad SMARTS) is 1. The van der Waals surface area contributed by atoms with Crippen LogP contribution in [0.15, 0.2) is 18.3 Å². The van der Waals surface area contributed by atoms with Gasteiger partial charge >= 0.3 is 12.0 Å². The number of rotatable bonds is 5. The molecule has 3 N–H and O–H groups in total. The van der Waals surface area contributed by atoms with E-state index in [0.29, 0.717) is 29.8 Å². The summed E-state index contributed by atoms with van der Waals surface area (Å²) in [6, 6.07) is 2.98. The molecule has 1 fully saturated rings. The lowest BCUT2D eigenvalue weighted by Crippen LogP contribution is -2.30. The van der Waals surface area contributed by atoms with Crippen LogP contribution in [0.5, 0.6) is 0 Å². The zero-order valence-electron chi connectivity index (χ0n) is 10.7. The van der Waals surface area contributed by atoms with Gasteiger partial charge in [-0.1, -0.05) is 6.92 Å². The highest BCUT2D eigenvalue weighted by molar-refractivity contribution is 5.89. The Hall–Kier alpha value is -2.11.